The summed E-state index contributed by atoms with van der Waals surface area (Å²) < 4.78 is 5.38. The molecule has 5 rings (SSSR count). The first kappa shape index (κ1) is 18.4. The predicted molar refractivity (Wildman–Crippen MR) is 116 cm³/mol. The zero-order valence-corrected chi connectivity index (χ0v) is 17.1. The van der Waals surface area contributed by atoms with Crippen LogP contribution >= 0.6 is 0 Å². The van der Waals surface area contributed by atoms with Crippen molar-refractivity contribution in [2.45, 2.75) is 40.0 Å². The van der Waals surface area contributed by atoms with Crippen LogP contribution in [0.1, 0.15) is 35.4 Å². The van der Waals surface area contributed by atoms with Crippen LogP contribution in [0, 0.1) is 20.8 Å². The Morgan fingerprint density at radius 1 is 1.00 bits per heavy atom. The van der Waals surface area contributed by atoms with Crippen LogP contribution in [-0.2, 0) is 11.2 Å². The fourth-order valence-electron chi connectivity index (χ4n) is 4.53. The van der Waals surface area contributed by atoms with Gasteiger partial charge in [-0.3, -0.25) is 4.79 Å². The fraction of sp³-hybridized carbons (Fsp3) is 0.261. The lowest BCUT2D eigenvalue weighted by molar-refractivity contribution is -0.116. The molecular weight excluding hydrogens is 380 g/mol. The maximum Gasteiger partial charge on any atom is 0.323 e. The first-order chi connectivity index (χ1) is 14.4. The lowest BCUT2D eigenvalue weighted by atomic mass is 9.89. The molecule has 0 atom stereocenters. The van der Waals surface area contributed by atoms with Gasteiger partial charge < -0.3 is 19.8 Å². The Hall–Kier alpha value is -3.61. The number of anilines is 1. The second-order valence-corrected chi connectivity index (χ2v) is 7.91. The maximum atomic E-state index is 12.2. The Bertz CT molecular complexity index is 1350. The molecule has 4 aromatic rings. The highest BCUT2D eigenvalue weighted by atomic mass is 16.5. The number of aromatic amines is 2. The molecule has 1 aliphatic rings. The van der Waals surface area contributed by atoms with Crippen LogP contribution in [0.4, 0.5) is 5.69 Å². The van der Waals surface area contributed by atoms with Crippen molar-refractivity contribution < 1.29 is 9.32 Å². The fourth-order valence-corrected chi connectivity index (χ4v) is 4.53. The molecule has 152 valence electrons. The SMILES string of the molecule is Cc1ccc2c(c1-c1cc(-c3c(C)noc3C)cc3[nH]c(=O)[nH]c13)CCCC(=O)N2. The molecule has 0 bridgehead atoms. The van der Waals surface area contributed by atoms with Crippen molar-refractivity contribution in [1.82, 2.24) is 15.1 Å². The number of hydrogen-bond donors (Lipinski definition) is 3. The highest BCUT2D eigenvalue weighted by Crippen LogP contribution is 2.40. The Balaban J connectivity index is 1.85. The summed E-state index contributed by atoms with van der Waals surface area (Å²) in [7, 11) is 0. The summed E-state index contributed by atoms with van der Waals surface area (Å²) in [5, 5.41) is 7.12. The zero-order chi connectivity index (χ0) is 21.0. The molecule has 7 nitrogen and oxygen atoms in total. The molecule has 0 spiro atoms. The van der Waals surface area contributed by atoms with Crippen molar-refractivity contribution in [3.8, 4) is 22.3 Å². The highest BCUT2D eigenvalue weighted by molar-refractivity contribution is 6.00. The first-order valence-electron chi connectivity index (χ1n) is 10.0. The number of carbonyl (C=O) groups excluding carboxylic acids is 1. The monoisotopic (exact) mass is 402 g/mol. The van der Waals surface area contributed by atoms with Crippen LogP contribution in [0.2, 0.25) is 0 Å². The molecular formula is C23H22N4O3. The minimum atomic E-state index is -0.255. The highest BCUT2D eigenvalue weighted by Gasteiger charge is 2.22. The van der Waals surface area contributed by atoms with Crippen LogP contribution in [-0.4, -0.2) is 21.0 Å². The van der Waals surface area contributed by atoms with E-state index in [1.54, 1.807) is 0 Å². The van der Waals surface area contributed by atoms with E-state index in [0.29, 0.717) is 6.42 Å². The molecule has 3 N–H and O–H groups in total. The van der Waals surface area contributed by atoms with Gasteiger partial charge in [0.1, 0.15) is 5.76 Å². The van der Waals surface area contributed by atoms with Crippen molar-refractivity contribution in [3.63, 3.8) is 0 Å². The summed E-state index contributed by atoms with van der Waals surface area (Å²) in [4.78, 5) is 30.1. The number of H-pyrrole nitrogens is 2. The number of imidazole rings is 1. The van der Waals surface area contributed by atoms with Gasteiger partial charge in [0.25, 0.3) is 0 Å². The molecule has 0 aliphatic carbocycles. The normalized spacial score (nSPS) is 13.9. The molecule has 2 aromatic carbocycles. The molecule has 1 amide bonds. The summed E-state index contributed by atoms with van der Waals surface area (Å²) in [6, 6.07) is 8.00. The van der Waals surface area contributed by atoms with E-state index < -0.39 is 0 Å². The van der Waals surface area contributed by atoms with E-state index in [0.717, 1.165) is 74.4 Å². The summed E-state index contributed by atoms with van der Waals surface area (Å²) >= 11 is 0. The molecule has 0 saturated carbocycles. The quantitative estimate of drug-likeness (QED) is 0.463. The number of rotatable bonds is 2. The van der Waals surface area contributed by atoms with Crippen LogP contribution in [0.5, 0.6) is 0 Å². The van der Waals surface area contributed by atoms with Gasteiger partial charge in [0, 0.05) is 23.2 Å². The van der Waals surface area contributed by atoms with E-state index >= 15 is 0 Å². The predicted octanol–water partition coefficient (Wildman–Crippen LogP) is 4.38. The number of fused-ring (bicyclic) bond motifs is 2. The molecule has 7 heteroatoms. The third-order valence-corrected chi connectivity index (χ3v) is 5.84. The van der Waals surface area contributed by atoms with Gasteiger partial charge in [-0.05, 0) is 74.1 Å². The van der Waals surface area contributed by atoms with E-state index in [2.05, 4.69) is 33.4 Å². The topological polar surface area (TPSA) is 104 Å². The molecule has 2 aromatic heterocycles. The Morgan fingerprint density at radius 3 is 2.60 bits per heavy atom. The zero-order valence-electron chi connectivity index (χ0n) is 17.1. The van der Waals surface area contributed by atoms with Crippen LogP contribution < -0.4 is 11.0 Å². The second-order valence-electron chi connectivity index (χ2n) is 7.91. The average Bonchev–Trinajstić information content (AvgIpc) is 3.17. The third-order valence-electron chi connectivity index (χ3n) is 5.84. The summed E-state index contributed by atoms with van der Waals surface area (Å²) in [5.74, 6) is 0.764. The maximum absolute atomic E-state index is 12.2. The van der Waals surface area contributed by atoms with Gasteiger partial charge in [0.2, 0.25) is 5.91 Å². The van der Waals surface area contributed by atoms with Gasteiger partial charge in [0.15, 0.2) is 0 Å². The summed E-state index contributed by atoms with van der Waals surface area (Å²) in [6.07, 6.45) is 2.07. The second kappa shape index (κ2) is 6.73. The van der Waals surface area contributed by atoms with Gasteiger partial charge >= 0.3 is 5.69 Å². The van der Waals surface area contributed by atoms with Crippen molar-refractivity contribution >= 4 is 22.6 Å². The standard InChI is InChI=1S/C23H22N4O3/c1-11-7-8-17-15(5-4-6-19(28)24-17)20(11)16-9-14(21-12(2)27-30-13(21)3)10-18-22(16)26-23(29)25-18/h7-10H,4-6H2,1-3H3,(H,24,28)(H2,25,26,29). The number of benzene rings is 2. The van der Waals surface area contributed by atoms with Crippen molar-refractivity contribution in [3.05, 3.63) is 57.3 Å². The van der Waals surface area contributed by atoms with Crippen LogP contribution in [0.25, 0.3) is 33.3 Å². The number of aryl methyl sites for hydroxylation is 3. The molecule has 30 heavy (non-hydrogen) atoms. The minimum absolute atomic E-state index is 0.0354. The molecule has 0 radical (unpaired) electrons. The summed E-state index contributed by atoms with van der Waals surface area (Å²) in [6.45, 7) is 5.85. The first-order valence-corrected chi connectivity index (χ1v) is 10.0. The lowest BCUT2D eigenvalue weighted by Crippen LogP contribution is -2.09. The van der Waals surface area contributed by atoms with Gasteiger partial charge in [0.05, 0.1) is 16.7 Å². The van der Waals surface area contributed by atoms with Gasteiger partial charge in [-0.25, -0.2) is 4.79 Å². The van der Waals surface area contributed by atoms with E-state index in [-0.39, 0.29) is 11.6 Å². The number of nitrogens with zero attached hydrogens (tertiary/aromatic N) is 1. The van der Waals surface area contributed by atoms with E-state index in [1.807, 2.05) is 32.0 Å². The number of amides is 1. The molecule has 0 unspecified atom stereocenters. The number of hydrogen-bond acceptors (Lipinski definition) is 4. The molecule has 3 heterocycles. The number of aromatic nitrogens is 3. The average molecular weight is 402 g/mol. The minimum Gasteiger partial charge on any atom is -0.361 e. The number of nitrogens with one attached hydrogen (secondary N) is 3. The third kappa shape index (κ3) is 2.85. The van der Waals surface area contributed by atoms with Crippen LogP contribution in [0.15, 0.2) is 33.6 Å². The molecule has 1 aliphatic heterocycles. The van der Waals surface area contributed by atoms with Crippen molar-refractivity contribution in [1.29, 1.82) is 0 Å². The van der Waals surface area contributed by atoms with E-state index in [4.69, 9.17) is 4.52 Å². The van der Waals surface area contributed by atoms with Crippen LogP contribution in [0.3, 0.4) is 0 Å². The Labute approximate surface area is 172 Å². The largest absolute Gasteiger partial charge is 0.361 e. The van der Waals surface area contributed by atoms with E-state index in [9.17, 15) is 9.59 Å². The lowest BCUT2D eigenvalue weighted by Gasteiger charge is -2.17. The van der Waals surface area contributed by atoms with Crippen molar-refractivity contribution in [2.24, 2.45) is 0 Å². The van der Waals surface area contributed by atoms with Crippen molar-refractivity contribution in [2.75, 3.05) is 5.32 Å². The van der Waals surface area contributed by atoms with E-state index in [1.165, 1.54) is 0 Å². The molecule has 0 saturated heterocycles. The molecule has 0 fully saturated rings. The Morgan fingerprint density at radius 2 is 1.83 bits per heavy atom. The smallest absolute Gasteiger partial charge is 0.323 e. The summed E-state index contributed by atoms with van der Waals surface area (Å²) in [5.41, 5.74) is 8.87. The van der Waals surface area contributed by atoms with Gasteiger partial charge in [-0.2, -0.15) is 0 Å². The Kier molecular flexibility index (Phi) is 4.13. The number of carbonyl (C=O) groups is 1. The van der Waals surface area contributed by atoms with Gasteiger partial charge in [-0.15, -0.1) is 0 Å². The van der Waals surface area contributed by atoms with Gasteiger partial charge in [-0.1, -0.05) is 11.2 Å².